The molecule has 5 nitrogen and oxygen atoms in total. The van der Waals surface area contributed by atoms with E-state index in [1.807, 2.05) is 39.1 Å². The number of nitrogens with one attached hydrogen (secondary N) is 2. The molecule has 0 fully saturated rings. The van der Waals surface area contributed by atoms with E-state index in [1.165, 1.54) is 15.5 Å². The number of amides is 1. The van der Waals surface area contributed by atoms with Crippen molar-refractivity contribution in [2.24, 2.45) is 0 Å². The van der Waals surface area contributed by atoms with E-state index in [0.717, 1.165) is 15.7 Å². The van der Waals surface area contributed by atoms with Gasteiger partial charge in [-0.25, -0.2) is 0 Å². The average molecular weight is 474 g/mol. The van der Waals surface area contributed by atoms with E-state index in [0.29, 0.717) is 17.2 Å². The molecule has 2 rings (SSSR count). The first kappa shape index (κ1) is 23.8. The van der Waals surface area contributed by atoms with Crippen molar-refractivity contribution < 1.29 is 4.79 Å². The molecule has 0 unspecified atom stereocenters. The summed E-state index contributed by atoms with van der Waals surface area (Å²) in [4.78, 5) is 11.8. The largest absolute Gasteiger partial charge is 0.296 e. The number of thioether (sulfide) groups is 1. The minimum Gasteiger partial charge on any atom is -0.296 e. The summed E-state index contributed by atoms with van der Waals surface area (Å²) >= 11 is 11.7. The summed E-state index contributed by atoms with van der Waals surface area (Å²) in [5.41, 5.74) is 8.84. The Morgan fingerprint density at radius 3 is 2.56 bits per heavy atom. The first-order chi connectivity index (χ1) is 12.9. The van der Waals surface area contributed by atoms with E-state index in [2.05, 4.69) is 52.1 Å². The topological polar surface area (TPSA) is 47.6 Å². The van der Waals surface area contributed by atoms with Gasteiger partial charge in [0.25, 0.3) is 0 Å². The number of rotatable bonds is 8. The zero-order chi connectivity index (χ0) is 20.4. The Hall–Kier alpha value is -1.25. The summed E-state index contributed by atoms with van der Waals surface area (Å²) in [5.74, 6) is 0.715. The third-order valence-electron chi connectivity index (χ3n) is 3.47. The number of carbonyl (C=O) groups excluding carboxylic acids is 1. The lowest BCUT2D eigenvalue weighted by Crippen LogP contribution is -2.52. The Morgan fingerprint density at radius 1 is 1.19 bits per heavy atom. The molecule has 2 aromatic carbocycles. The predicted octanol–water partition coefficient (Wildman–Crippen LogP) is 5.18. The molecular formula is C19H26BrClN4OS. The minimum absolute atomic E-state index is 0.671. The molecule has 0 bridgehead atoms. The Kier molecular flexibility index (Phi) is 10.8. The van der Waals surface area contributed by atoms with Crippen LogP contribution in [0.4, 0.5) is 5.69 Å². The molecule has 0 aromatic heterocycles. The van der Waals surface area contributed by atoms with Crippen LogP contribution in [0.2, 0.25) is 5.02 Å². The highest BCUT2D eigenvalue weighted by molar-refractivity contribution is 9.10. The van der Waals surface area contributed by atoms with Crippen molar-refractivity contribution in [2.75, 3.05) is 19.1 Å². The number of aryl methyl sites for hydroxylation is 1. The molecular weight excluding hydrogens is 448 g/mol. The van der Waals surface area contributed by atoms with Gasteiger partial charge in [-0.3, -0.25) is 14.8 Å². The highest BCUT2D eigenvalue weighted by atomic mass is 79.9. The van der Waals surface area contributed by atoms with Crippen LogP contribution >= 0.6 is 39.3 Å². The second-order valence-corrected chi connectivity index (χ2v) is 7.74. The second kappa shape index (κ2) is 12.3. The number of hydrogen-bond donors (Lipinski definition) is 2. The van der Waals surface area contributed by atoms with Crippen LogP contribution in [0.15, 0.2) is 45.8 Å². The zero-order valence-corrected chi connectivity index (χ0v) is 19.4. The van der Waals surface area contributed by atoms with Crippen molar-refractivity contribution in [3.8, 4) is 0 Å². The SMILES string of the molecule is CC.Cc1ccc(Br)c(SCc2c(Cl)cccc2N(C)NNN(C)C=O)c1. The molecule has 0 radical (unpaired) electrons. The lowest BCUT2D eigenvalue weighted by atomic mass is 10.2. The van der Waals surface area contributed by atoms with Crippen molar-refractivity contribution in [1.82, 2.24) is 16.1 Å². The number of carbonyl (C=O) groups is 1. The van der Waals surface area contributed by atoms with E-state index >= 15 is 0 Å². The Labute approximate surface area is 179 Å². The number of anilines is 1. The van der Waals surface area contributed by atoms with Gasteiger partial charge in [0.1, 0.15) is 0 Å². The maximum absolute atomic E-state index is 10.7. The molecule has 8 heteroatoms. The van der Waals surface area contributed by atoms with Crippen LogP contribution in [0.3, 0.4) is 0 Å². The van der Waals surface area contributed by atoms with Crippen molar-refractivity contribution in [3.05, 3.63) is 57.0 Å². The molecule has 1 amide bonds. The molecule has 148 valence electrons. The van der Waals surface area contributed by atoms with Crippen molar-refractivity contribution >= 4 is 51.4 Å². The molecule has 0 aliphatic carbocycles. The first-order valence-electron chi connectivity index (χ1n) is 8.52. The van der Waals surface area contributed by atoms with Gasteiger partial charge in [0.05, 0.1) is 5.69 Å². The summed E-state index contributed by atoms with van der Waals surface area (Å²) < 4.78 is 1.07. The molecule has 0 heterocycles. The average Bonchev–Trinajstić information content (AvgIpc) is 2.68. The van der Waals surface area contributed by atoms with Crippen LogP contribution in [-0.4, -0.2) is 25.5 Å². The van der Waals surface area contributed by atoms with E-state index < -0.39 is 0 Å². The Balaban J connectivity index is 0.00000176. The lowest BCUT2D eigenvalue weighted by Gasteiger charge is -2.26. The molecule has 2 aromatic rings. The Bertz CT molecular complexity index is 748. The summed E-state index contributed by atoms with van der Waals surface area (Å²) in [6, 6.07) is 12.0. The summed E-state index contributed by atoms with van der Waals surface area (Å²) in [6.07, 6.45) is 0.671. The van der Waals surface area contributed by atoms with Crippen LogP contribution in [0.1, 0.15) is 25.0 Å². The number of hydrogen-bond acceptors (Lipinski definition) is 5. The molecule has 0 aliphatic rings. The van der Waals surface area contributed by atoms with Gasteiger partial charge in [-0.15, -0.1) is 17.3 Å². The number of benzene rings is 2. The van der Waals surface area contributed by atoms with Crippen LogP contribution in [0, 0.1) is 6.92 Å². The maximum atomic E-state index is 10.7. The highest BCUT2D eigenvalue weighted by Crippen LogP contribution is 2.35. The fourth-order valence-electron chi connectivity index (χ4n) is 2.12. The number of halogens is 2. The fourth-order valence-corrected chi connectivity index (χ4v) is 4.10. The highest BCUT2D eigenvalue weighted by Gasteiger charge is 2.13. The van der Waals surface area contributed by atoms with Crippen LogP contribution in [0.5, 0.6) is 0 Å². The minimum atomic E-state index is 0.671. The summed E-state index contributed by atoms with van der Waals surface area (Å²) in [6.45, 7) is 6.07. The first-order valence-corrected chi connectivity index (χ1v) is 10.7. The van der Waals surface area contributed by atoms with Gasteiger partial charge in [-0.2, -0.15) is 5.53 Å². The van der Waals surface area contributed by atoms with Gasteiger partial charge in [-0.05, 0) is 52.7 Å². The molecule has 0 saturated heterocycles. The van der Waals surface area contributed by atoms with Crippen LogP contribution < -0.4 is 16.1 Å². The molecule has 0 aliphatic heterocycles. The lowest BCUT2D eigenvalue weighted by molar-refractivity contribution is -0.120. The van der Waals surface area contributed by atoms with Gasteiger partial charge in [0, 0.05) is 39.8 Å². The van der Waals surface area contributed by atoms with Gasteiger partial charge in [0.2, 0.25) is 6.41 Å². The molecule has 0 spiro atoms. The Morgan fingerprint density at radius 2 is 1.89 bits per heavy atom. The monoisotopic (exact) mass is 472 g/mol. The maximum Gasteiger partial charge on any atom is 0.224 e. The smallest absolute Gasteiger partial charge is 0.224 e. The standard InChI is InChI=1S/C17H20BrClN4OS.C2H6/c1-12-7-8-14(18)17(9-12)25-10-13-15(19)5-4-6-16(13)23(3)21-20-22(2)11-24;1-2/h4-9,11,20-21H,10H2,1-3H3;1-2H3. The normalized spacial score (nSPS) is 10.0. The van der Waals surface area contributed by atoms with Crippen molar-refractivity contribution in [2.45, 2.75) is 31.4 Å². The van der Waals surface area contributed by atoms with E-state index in [1.54, 1.807) is 23.8 Å². The van der Waals surface area contributed by atoms with E-state index in [-0.39, 0.29) is 0 Å². The van der Waals surface area contributed by atoms with Crippen molar-refractivity contribution in [1.29, 1.82) is 0 Å². The third-order valence-corrected chi connectivity index (χ3v) is 5.86. The number of nitrogens with zero attached hydrogens (tertiary/aromatic N) is 2. The third kappa shape index (κ3) is 7.35. The summed E-state index contributed by atoms with van der Waals surface area (Å²) in [5, 5.41) is 3.76. The predicted molar refractivity (Wildman–Crippen MR) is 120 cm³/mol. The molecule has 27 heavy (non-hydrogen) atoms. The van der Waals surface area contributed by atoms with Crippen LogP contribution in [-0.2, 0) is 10.5 Å². The zero-order valence-electron chi connectivity index (χ0n) is 16.2. The quantitative estimate of drug-likeness (QED) is 0.314. The molecule has 0 saturated carbocycles. The fraction of sp³-hybridized carbons (Fsp3) is 0.316. The molecule has 0 atom stereocenters. The van der Waals surface area contributed by atoms with Gasteiger partial charge >= 0.3 is 0 Å². The van der Waals surface area contributed by atoms with Gasteiger partial charge in [-0.1, -0.05) is 37.6 Å². The van der Waals surface area contributed by atoms with Gasteiger partial charge < -0.3 is 0 Å². The molecule has 2 N–H and O–H groups in total. The van der Waals surface area contributed by atoms with Crippen LogP contribution in [0.25, 0.3) is 0 Å². The van der Waals surface area contributed by atoms with Gasteiger partial charge in [0.15, 0.2) is 0 Å². The number of hydrazine groups is 3. The second-order valence-electron chi connectivity index (χ2n) is 5.46. The van der Waals surface area contributed by atoms with E-state index in [4.69, 9.17) is 11.6 Å². The summed E-state index contributed by atoms with van der Waals surface area (Å²) in [7, 11) is 3.46. The van der Waals surface area contributed by atoms with Crippen molar-refractivity contribution in [3.63, 3.8) is 0 Å². The van der Waals surface area contributed by atoms with E-state index in [9.17, 15) is 4.79 Å².